The molecule has 0 aliphatic carbocycles. The Balaban J connectivity index is 2.35. The number of hydrogen-bond donors (Lipinski definition) is 0. The first-order valence-corrected chi connectivity index (χ1v) is 9.07. The summed E-state index contributed by atoms with van der Waals surface area (Å²) >= 11 is 0. The lowest BCUT2D eigenvalue weighted by molar-refractivity contribution is 0.0603. The van der Waals surface area contributed by atoms with E-state index in [1.807, 2.05) is 0 Å². The van der Waals surface area contributed by atoms with Crippen molar-refractivity contribution in [2.24, 2.45) is 0 Å². The van der Waals surface area contributed by atoms with Crippen molar-refractivity contribution in [3.8, 4) is 0 Å². The molecule has 3 rings (SSSR count). The lowest BCUT2D eigenvalue weighted by Crippen LogP contribution is -2.12. The van der Waals surface area contributed by atoms with Crippen LogP contribution in [0, 0.1) is 0 Å². The van der Waals surface area contributed by atoms with Gasteiger partial charge in [0.2, 0.25) is 0 Å². The number of benzene rings is 2. The minimum absolute atomic E-state index is 0.181. The normalized spacial score (nSPS) is 11.4. The van der Waals surface area contributed by atoms with Crippen LogP contribution in [0.25, 0.3) is 10.9 Å². The summed E-state index contributed by atoms with van der Waals surface area (Å²) in [4.78, 5) is 12.3. The number of allylic oxidation sites excluding steroid dienone is 1. The van der Waals surface area contributed by atoms with Gasteiger partial charge in [0.05, 0.1) is 23.1 Å². The third-order valence-corrected chi connectivity index (χ3v) is 5.63. The van der Waals surface area contributed by atoms with E-state index >= 15 is 0 Å². The van der Waals surface area contributed by atoms with Crippen LogP contribution in [-0.2, 0) is 21.2 Å². The van der Waals surface area contributed by atoms with Gasteiger partial charge < -0.3 is 4.74 Å². The summed E-state index contributed by atoms with van der Waals surface area (Å²) in [6.45, 7) is 3.71. The molecule has 0 N–H and O–H groups in total. The lowest BCUT2D eigenvalue weighted by Gasteiger charge is -2.08. The molecule has 3 aromatic rings. The molecule has 0 unspecified atom stereocenters. The standard InChI is InChI=1S/C19H17NO4S/c1-3-8-14-13-20(25(22,23)15-9-5-4-6-10-15)17-12-7-11-16(18(14)17)19(21)24-2/h3-7,9-13H,1,8H2,2H3. The quantitative estimate of drug-likeness (QED) is 0.520. The van der Waals surface area contributed by atoms with Crippen LogP contribution < -0.4 is 0 Å². The molecule has 0 amide bonds. The van der Waals surface area contributed by atoms with E-state index in [9.17, 15) is 13.2 Å². The fourth-order valence-corrected chi connectivity index (χ4v) is 4.24. The van der Waals surface area contributed by atoms with Gasteiger partial charge in [-0.1, -0.05) is 30.3 Å². The molecule has 0 aliphatic rings. The van der Waals surface area contributed by atoms with Gasteiger partial charge in [0.1, 0.15) is 0 Å². The Morgan fingerprint density at radius 3 is 2.52 bits per heavy atom. The van der Waals surface area contributed by atoms with Crippen LogP contribution in [-0.4, -0.2) is 25.5 Å². The smallest absolute Gasteiger partial charge is 0.338 e. The highest BCUT2D eigenvalue weighted by atomic mass is 32.2. The first kappa shape index (κ1) is 17.0. The molecule has 128 valence electrons. The number of hydrogen-bond acceptors (Lipinski definition) is 4. The number of ether oxygens (including phenoxy) is 1. The molecule has 0 radical (unpaired) electrons. The molecule has 2 aromatic carbocycles. The van der Waals surface area contributed by atoms with Gasteiger partial charge in [-0.3, -0.25) is 0 Å². The summed E-state index contributed by atoms with van der Waals surface area (Å²) in [7, 11) is -2.48. The first-order chi connectivity index (χ1) is 12.0. The molecule has 5 nitrogen and oxygen atoms in total. The Kier molecular flexibility index (Phi) is 4.46. The summed E-state index contributed by atoms with van der Waals surface area (Å²) in [6, 6.07) is 13.1. The fourth-order valence-electron chi connectivity index (χ4n) is 2.83. The van der Waals surface area contributed by atoms with E-state index in [2.05, 4.69) is 6.58 Å². The number of carbonyl (C=O) groups excluding carboxylic acids is 1. The topological polar surface area (TPSA) is 65.4 Å². The molecule has 0 fully saturated rings. The maximum atomic E-state index is 13.0. The van der Waals surface area contributed by atoms with Gasteiger partial charge in [-0.05, 0) is 36.2 Å². The summed E-state index contributed by atoms with van der Waals surface area (Å²) in [6.07, 6.45) is 3.64. The first-order valence-electron chi connectivity index (χ1n) is 7.63. The van der Waals surface area contributed by atoms with E-state index in [0.29, 0.717) is 28.5 Å². The third-order valence-electron chi connectivity index (χ3n) is 3.94. The molecule has 6 heteroatoms. The molecule has 0 spiro atoms. The second kappa shape index (κ2) is 6.57. The van der Waals surface area contributed by atoms with Crippen molar-refractivity contribution < 1.29 is 17.9 Å². The minimum atomic E-state index is -3.78. The highest BCUT2D eigenvalue weighted by molar-refractivity contribution is 7.90. The zero-order valence-corrected chi connectivity index (χ0v) is 14.5. The van der Waals surface area contributed by atoms with Crippen molar-refractivity contribution in [1.82, 2.24) is 3.97 Å². The molecule has 1 heterocycles. The molecular formula is C19H17NO4S. The van der Waals surface area contributed by atoms with E-state index in [1.165, 1.54) is 11.1 Å². The van der Waals surface area contributed by atoms with Crippen LogP contribution in [0.5, 0.6) is 0 Å². The maximum absolute atomic E-state index is 13.0. The fraction of sp³-hybridized carbons (Fsp3) is 0.105. The second-order valence-corrected chi connectivity index (χ2v) is 7.27. The summed E-state index contributed by atoms with van der Waals surface area (Å²) in [5, 5.41) is 0.564. The van der Waals surface area contributed by atoms with E-state index in [4.69, 9.17) is 4.74 Å². The van der Waals surface area contributed by atoms with E-state index in [0.717, 1.165) is 0 Å². The van der Waals surface area contributed by atoms with E-state index < -0.39 is 16.0 Å². The Morgan fingerprint density at radius 2 is 1.88 bits per heavy atom. The van der Waals surface area contributed by atoms with Crippen molar-refractivity contribution in [3.63, 3.8) is 0 Å². The molecule has 0 saturated carbocycles. The largest absolute Gasteiger partial charge is 0.465 e. The summed E-state index contributed by atoms with van der Waals surface area (Å²) in [5.74, 6) is -0.509. The van der Waals surface area contributed by atoms with Crippen LogP contribution in [0.1, 0.15) is 15.9 Å². The molecule has 0 aliphatic heterocycles. The third kappa shape index (κ3) is 2.85. The number of fused-ring (bicyclic) bond motifs is 1. The second-order valence-electron chi connectivity index (χ2n) is 5.45. The van der Waals surface area contributed by atoms with Crippen LogP contribution in [0.15, 0.2) is 72.3 Å². The predicted molar refractivity (Wildman–Crippen MR) is 96.2 cm³/mol. The zero-order chi connectivity index (χ0) is 18.0. The van der Waals surface area contributed by atoms with Gasteiger partial charge in [-0.2, -0.15) is 0 Å². The average molecular weight is 355 g/mol. The van der Waals surface area contributed by atoms with Crippen LogP contribution in [0.2, 0.25) is 0 Å². The van der Waals surface area contributed by atoms with Crippen molar-refractivity contribution in [1.29, 1.82) is 0 Å². The predicted octanol–water partition coefficient (Wildman–Crippen LogP) is 3.39. The summed E-state index contributed by atoms with van der Waals surface area (Å²) in [5.41, 5.74) is 1.47. The molecule has 0 bridgehead atoms. The Morgan fingerprint density at radius 1 is 1.16 bits per heavy atom. The van der Waals surface area contributed by atoms with Crippen LogP contribution in [0.3, 0.4) is 0 Å². The number of rotatable bonds is 5. The number of carbonyl (C=O) groups is 1. The van der Waals surface area contributed by atoms with Gasteiger partial charge >= 0.3 is 5.97 Å². The van der Waals surface area contributed by atoms with Crippen molar-refractivity contribution in [2.45, 2.75) is 11.3 Å². The van der Waals surface area contributed by atoms with Crippen molar-refractivity contribution >= 4 is 26.9 Å². The monoisotopic (exact) mass is 355 g/mol. The highest BCUT2D eigenvalue weighted by Crippen LogP contribution is 2.29. The number of esters is 1. The molecular weight excluding hydrogens is 338 g/mol. The zero-order valence-electron chi connectivity index (χ0n) is 13.7. The van der Waals surface area contributed by atoms with Gasteiger partial charge in [0.15, 0.2) is 0 Å². The minimum Gasteiger partial charge on any atom is -0.465 e. The SMILES string of the molecule is C=CCc1cn(S(=O)(=O)c2ccccc2)c2cccc(C(=O)OC)c12. The highest BCUT2D eigenvalue weighted by Gasteiger charge is 2.23. The number of methoxy groups -OCH3 is 1. The van der Waals surface area contributed by atoms with Gasteiger partial charge in [0.25, 0.3) is 10.0 Å². The van der Waals surface area contributed by atoms with E-state index in [-0.39, 0.29) is 4.90 Å². The summed E-state index contributed by atoms with van der Waals surface area (Å²) < 4.78 is 32.1. The molecule has 1 aromatic heterocycles. The van der Waals surface area contributed by atoms with Crippen LogP contribution >= 0.6 is 0 Å². The van der Waals surface area contributed by atoms with Gasteiger partial charge in [0, 0.05) is 11.6 Å². The van der Waals surface area contributed by atoms with Gasteiger partial charge in [-0.25, -0.2) is 17.2 Å². The molecule has 0 saturated heterocycles. The maximum Gasteiger partial charge on any atom is 0.338 e. The van der Waals surface area contributed by atoms with Crippen molar-refractivity contribution in [2.75, 3.05) is 7.11 Å². The number of aromatic nitrogens is 1. The van der Waals surface area contributed by atoms with Gasteiger partial charge in [-0.15, -0.1) is 6.58 Å². The number of nitrogens with zero attached hydrogens (tertiary/aromatic N) is 1. The van der Waals surface area contributed by atoms with E-state index in [1.54, 1.807) is 60.8 Å². The molecule has 25 heavy (non-hydrogen) atoms. The Bertz CT molecular complexity index is 1050. The van der Waals surface area contributed by atoms with Crippen molar-refractivity contribution in [3.05, 3.63) is 78.5 Å². The average Bonchev–Trinajstić information content (AvgIpc) is 3.02. The van der Waals surface area contributed by atoms with Crippen LogP contribution in [0.4, 0.5) is 0 Å². The Hall–Kier alpha value is -2.86. The Labute approximate surface area is 146 Å². The molecule has 0 atom stereocenters. The lowest BCUT2D eigenvalue weighted by atomic mass is 10.0.